The lowest BCUT2D eigenvalue weighted by Gasteiger charge is -2.17. The van der Waals surface area contributed by atoms with Gasteiger partial charge in [0, 0.05) is 9.68 Å². The first kappa shape index (κ1) is 4.26. The molecule has 1 aliphatic rings. The topological polar surface area (TPSA) is 61.3 Å². The predicted octanol–water partition coefficient (Wildman–Crippen LogP) is 2.12. The van der Waals surface area contributed by atoms with Gasteiger partial charge >= 0.3 is 0 Å². The van der Waals surface area contributed by atoms with Crippen molar-refractivity contribution in [3.63, 3.8) is 0 Å². The highest BCUT2D eigenvalue weighted by atomic mass is 16.5. The molecule has 4 nitrogen and oxygen atoms in total. The molecule has 4 heteroatoms. The molecule has 0 amide bonds. The largest absolute Gasteiger partial charge is 0.486 e. The Hall–Kier alpha value is -1.97. The summed E-state index contributed by atoms with van der Waals surface area (Å²) in [6, 6.07) is -0.974. The first-order chi connectivity index (χ1) is 9.73. The highest BCUT2D eigenvalue weighted by Crippen LogP contribution is 2.41. The highest BCUT2D eigenvalue weighted by Gasteiger charge is 2.24. The number of hydrogen-bond donors (Lipinski definition) is 1. The molecule has 0 aliphatic carbocycles. The number of hydrogen-bond acceptors (Lipinski definition) is 4. The van der Waals surface area contributed by atoms with Gasteiger partial charge in [0.05, 0.1) is 15.4 Å². The minimum Gasteiger partial charge on any atom is -0.486 e. The van der Waals surface area contributed by atoms with Crippen molar-refractivity contribution in [2.24, 2.45) is 0 Å². The van der Waals surface area contributed by atoms with Crippen molar-refractivity contribution in [3.05, 3.63) is 29.5 Å². The number of nitrogens with zero attached hydrogens (tertiary/aromatic N) is 1. The quantitative estimate of drug-likeness (QED) is 0.674. The van der Waals surface area contributed by atoms with E-state index in [0.717, 1.165) is 0 Å². The lowest BCUT2D eigenvalue weighted by Crippen LogP contribution is -2.07. The molecular formula is C11H10N2O2. The number of nitrogen functional groups attached to an aromatic ring is 1. The summed E-state index contributed by atoms with van der Waals surface area (Å²) in [6.45, 7) is -2.62. The summed E-state index contributed by atoms with van der Waals surface area (Å²) in [5.74, 6) is -0.235. The summed E-state index contributed by atoms with van der Waals surface area (Å²) in [7, 11) is 0. The summed E-state index contributed by atoms with van der Waals surface area (Å²) in [4.78, 5) is 0. The van der Waals surface area contributed by atoms with E-state index in [9.17, 15) is 0 Å². The van der Waals surface area contributed by atoms with Crippen LogP contribution in [0.3, 0.4) is 0 Å². The second-order valence-electron chi connectivity index (χ2n) is 3.12. The Kier molecular flexibility index (Phi) is 0.784. The Morgan fingerprint density at radius 2 is 2.53 bits per heavy atom. The van der Waals surface area contributed by atoms with Gasteiger partial charge in [0.15, 0.2) is 5.75 Å². The molecule has 0 bridgehead atoms. The third-order valence-electron chi connectivity index (χ3n) is 2.24. The zero-order valence-corrected chi connectivity index (χ0v) is 7.55. The van der Waals surface area contributed by atoms with Gasteiger partial charge in [-0.2, -0.15) is 0 Å². The van der Waals surface area contributed by atoms with E-state index < -0.39 is 6.85 Å². The normalized spacial score (nSPS) is 19.5. The van der Waals surface area contributed by atoms with Crippen LogP contribution in [-0.2, 0) is 6.61 Å². The number of ether oxygens (including phenoxy) is 1. The van der Waals surface area contributed by atoms with E-state index in [1.54, 1.807) is 0 Å². The molecule has 1 aliphatic heterocycles. The molecule has 15 heavy (non-hydrogen) atoms. The van der Waals surface area contributed by atoms with Gasteiger partial charge in [-0.15, -0.1) is 0 Å². The second kappa shape index (κ2) is 2.76. The van der Waals surface area contributed by atoms with Gasteiger partial charge in [-0.3, -0.25) is 0 Å². The van der Waals surface area contributed by atoms with Gasteiger partial charge in [-0.05, 0) is 18.9 Å². The van der Waals surface area contributed by atoms with E-state index in [4.69, 9.17) is 23.2 Å². The molecule has 0 atom stereocenters. The number of benzene rings is 1. The van der Waals surface area contributed by atoms with E-state index >= 15 is 0 Å². The van der Waals surface area contributed by atoms with Crippen molar-refractivity contribution in [2.45, 2.75) is 13.5 Å². The first-order valence-electron chi connectivity index (χ1n) is 7.25. The van der Waals surface area contributed by atoms with Crippen LogP contribution in [0, 0.1) is 6.85 Å². The monoisotopic (exact) mass is 208 g/mol. The van der Waals surface area contributed by atoms with Gasteiger partial charge in [0.1, 0.15) is 18.1 Å². The van der Waals surface area contributed by atoms with E-state index in [1.807, 2.05) is 0 Å². The van der Waals surface area contributed by atoms with E-state index in [-0.39, 0.29) is 58.8 Å². The average molecular weight is 208 g/mol. The van der Waals surface area contributed by atoms with Crippen LogP contribution in [0.5, 0.6) is 5.75 Å². The molecule has 0 saturated carbocycles. The van der Waals surface area contributed by atoms with Crippen LogP contribution in [0.25, 0.3) is 11.3 Å². The second-order valence-corrected chi connectivity index (χ2v) is 3.12. The van der Waals surface area contributed by atoms with Gasteiger partial charge in [0.2, 0.25) is 0 Å². The number of anilines is 1. The maximum atomic E-state index is 7.94. The molecule has 0 unspecified atom stereocenters. The average Bonchev–Trinajstić information content (AvgIpc) is 2.85. The molecule has 0 spiro atoms. The van der Waals surface area contributed by atoms with Crippen LogP contribution >= 0.6 is 0 Å². The number of fused-ring (bicyclic) bond motifs is 3. The highest BCUT2D eigenvalue weighted by molar-refractivity contribution is 5.78. The maximum absolute atomic E-state index is 7.94. The molecule has 0 saturated heterocycles. The number of aromatic nitrogens is 1. The van der Waals surface area contributed by atoms with Crippen LogP contribution in [0.2, 0.25) is 0 Å². The van der Waals surface area contributed by atoms with Crippen LogP contribution in [0.15, 0.2) is 22.7 Å². The molecule has 76 valence electrons. The Balaban J connectivity index is 2.32. The number of para-hydroxylation sites is 1. The summed E-state index contributed by atoms with van der Waals surface area (Å²) >= 11 is 0. The Labute approximate surface area is 95.1 Å². The fourth-order valence-electron chi connectivity index (χ4n) is 1.51. The molecular weight excluding hydrogens is 192 g/mol. The molecule has 2 aromatic rings. The van der Waals surface area contributed by atoms with Gasteiger partial charge in [0.25, 0.3) is 0 Å². The third-order valence-corrected chi connectivity index (χ3v) is 2.24. The van der Waals surface area contributed by atoms with Crippen LogP contribution in [-0.4, -0.2) is 5.16 Å². The standard InChI is InChI=1S/C11H10N2O2/c1-6-8-5-14-11-7(10(8)13-15-6)3-2-4-9(11)12/h2-4H,5,12H2,1H3/i1D3,2D,3D,4D. The van der Waals surface area contributed by atoms with Crippen LogP contribution in [0.4, 0.5) is 5.69 Å². The molecule has 1 aromatic heterocycles. The summed E-state index contributed by atoms with van der Waals surface area (Å²) in [5, 5.41) is 3.70. The van der Waals surface area contributed by atoms with Crippen molar-refractivity contribution >= 4 is 5.69 Å². The number of aryl methyl sites for hydroxylation is 1. The fraction of sp³-hybridized carbons (Fsp3) is 0.182. The zero-order valence-electron chi connectivity index (χ0n) is 13.5. The lowest BCUT2D eigenvalue weighted by molar-refractivity contribution is 0.301. The Bertz CT molecular complexity index is 752. The van der Waals surface area contributed by atoms with Gasteiger partial charge in [-0.25, -0.2) is 0 Å². The summed E-state index contributed by atoms with van der Waals surface area (Å²) in [6.07, 6.45) is 0. The number of nitrogens with two attached hydrogens (primary N) is 1. The van der Waals surface area contributed by atoms with E-state index in [1.165, 1.54) is 0 Å². The molecule has 3 rings (SSSR count). The Morgan fingerprint density at radius 3 is 3.40 bits per heavy atom. The van der Waals surface area contributed by atoms with Crippen LogP contribution < -0.4 is 10.5 Å². The molecule has 2 N–H and O–H groups in total. The van der Waals surface area contributed by atoms with Gasteiger partial charge in [-0.1, -0.05) is 11.2 Å². The van der Waals surface area contributed by atoms with Crippen molar-refractivity contribution in [2.75, 3.05) is 5.73 Å². The maximum Gasteiger partial charge on any atom is 0.152 e. The van der Waals surface area contributed by atoms with Gasteiger partial charge < -0.3 is 15.0 Å². The number of rotatable bonds is 0. The van der Waals surface area contributed by atoms with Crippen molar-refractivity contribution in [3.8, 4) is 17.0 Å². The summed E-state index contributed by atoms with van der Waals surface area (Å²) < 4.78 is 55.8. The van der Waals surface area contributed by atoms with E-state index in [0.29, 0.717) is 0 Å². The fourth-order valence-corrected chi connectivity index (χ4v) is 1.51. The Morgan fingerprint density at radius 1 is 1.60 bits per heavy atom. The van der Waals surface area contributed by atoms with Crippen molar-refractivity contribution < 1.29 is 17.5 Å². The molecule has 1 aromatic carbocycles. The van der Waals surface area contributed by atoms with E-state index in [2.05, 4.69) is 5.16 Å². The predicted molar refractivity (Wildman–Crippen MR) is 55.4 cm³/mol. The minimum absolute atomic E-state index is 0.0684. The third kappa shape index (κ3) is 1.05. The molecule has 0 radical (unpaired) electrons. The first-order valence-corrected chi connectivity index (χ1v) is 4.25. The zero-order chi connectivity index (χ0) is 15.5. The van der Waals surface area contributed by atoms with Crippen LogP contribution in [0.1, 0.15) is 19.5 Å². The minimum atomic E-state index is -2.49. The SMILES string of the molecule is [2H]c1c([2H])c(N)c2c(c1[2H])-c1noc(C([2H])([2H])[2H])c1CO2. The lowest BCUT2D eigenvalue weighted by atomic mass is 10.0. The van der Waals surface area contributed by atoms with Crippen molar-refractivity contribution in [1.82, 2.24) is 5.16 Å². The molecule has 2 heterocycles. The van der Waals surface area contributed by atoms with Crippen molar-refractivity contribution in [1.29, 1.82) is 0 Å². The smallest absolute Gasteiger partial charge is 0.152 e. The molecule has 0 fully saturated rings. The summed E-state index contributed by atoms with van der Waals surface area (Å²) in [5.41, 5.74) is 6.10.